The molecule has 8 heteroatoms. The van der Waals surface area contributed by atoms with Crippen molar-refractivity contribution in [3.63, 3.8) is 0 Å². The number of nitriles is 1. The van der Waals surface area contributed by atoms with E-state index in [2.05, 4.69) is 16.3 Å². The Labute approximate surface area is 177 Å². The summed E-state index contributed by atoms with van der Waals surface area (Å²) in [5.74, 6) is 0.971. The first-order valence-corrected chi connectivity index (χ1v) is 11.0. The van der Waals surface area contributed by atoms with Gasteiger partial charge in [-0.05, 0) is 45.1 Å². The van der Waals surface area contributed by atoms with Crippen molar-refractivity contribution in [3.8, 4) is 6.07 Å². The van der Waals surface area contributed by atoms with Gasteiger partial charge in [0.1, 0.15) is 11.9 Å². The minimum Gasteiger partial charge on any atom is -0.376 e. The van der Waals surface area contributed by atoms with Crippen molar-refractivity contribution in [1.29, 1.82) is 5.26 Å². The first kappa shape index (κ1) is 20.9. The molecule has 1 N–H and O–H groups in total. The van der Waals surface area contributed by atoms with Crippen molar-refractivity contribution >= 4 is 17.6 Å². The highest BCUT2D eigenvalue weighted by Gasteiger charge is 2.34. The first-order valence-electron chi connectivity index (χ1n) is 11.0. The maximum absolute atomic E-state index is 12.8. The molecule has 0 aromatic carbocycles. The molecular weight excluding hydrogens is 382 g/mol. The number of amides is 2. The SMILES string of the molecule is Cc1c(C#N)c(NC(=O)CN2CCN(C(=O)C3CC3)CC2)n(C[C@H]2CCCO2)c1C. The second-order valence-electron chi connectivity index (χ2n) is 8.72. The fourth-order valence-corrected chi connectivity index (χ4v) is 4.44. The number of carbonyl (C=O) groups is 2. The molecule has 3 heterocycles. The second-order valence-corrected chi connectivity index (χ2v) is 8.72. The predicted molar refractivity (Wildman–Crippen MR) is 112 cm³/mol. The van der Waals surface area contributed by atoms with E-state index in [0.717, 1.165) is 43.5 Å². The van der Waals surface area contributed by atoms with E-state index in [1.165, 1.54) is 0 Å². The van der Waals surface area contributed by atoms with Crippen LogP contribution in [0, 0.1) is 31.1 Å². The fraction of sp³-hybridized carbons (Fsp3) is 0.682. The third-order valence-electron chi connectivity index (χ3n) is 6.59. The summed E-state index contributed by atoms with van der Waals surface area (Å²) in [5, 5.41) is 12.7. The standard InChI is InChI=1S/C22H31N5O3/c1-15-16(2)27(13-18-4-3-11-30-18)21(19(15)12-23)24-20(28)14-25-7-9-26(10-8-25)22(29)17-5-6-17/h17-18H,3-11,13-14H2,1-2H3,(H,24,28)/t18-/m1/s1. The Morgan fingerprint density at radius 1 is 1.17 bits per heavy atom. The first-order chi connectivity index (χ1) is 14.5. The molecule has 0 bridgehead atoms. The van der Waals surface area contributed by atoms with Gasteiger partial charge in [-0.2, -0.15) is 5.26 Å². The van der Waals surface area contributed by atoms with Crippen LogP contribution in [-0.2, 0) is 20.9 Å². The van der Waals surface area contributed by atoms with Gasteiger partial charge in [0.2, 0.25) is 11.8 Å². The number of nitrogens with one attached hydrogen (secondary N) is 1. The van der Waals surface area contributed by atoms with Gasteiger partial charge in [0.05, 0.1) is 24.8 Å². The van der Waals surface area contributed by atoms with Crippen molar-refractivity contribution in [2.45, 2.75) is 52.2 Å². The van der Waals surface area contributed by atoms with E-state index in [1.807, 2.05) is 23.3 Å². The van der Waals surface area contributed by atoms with Gasteiger partial charge in [0, 0.05) is 44.4 Å². The number of nitrogens with zero attached hydrogens (tertiary/aromatic N) is 4. The highest BCUT2D eigenvalue weighted by molar-refractivity contribution is 5.93. The van der Waals surface area contributed by atoms with Crippen LogP contribution in [0.1, 0.15) is 42.5 Å². The van der Waals surface area contributed by atoms with Crippen LogP contribution in [0.2, 0.25) is 0 Å². The minimum absolute atomic E-state index is 0.120. The van der Waals surface area contributed by atoms with Crippen molar-refractivity contribution in [2.75, 3.05) is 44.6 Å². The zero-order valence-electron chi connectivity index (χ0n) is 17.9. The van der Waals surface area contributed by atoms with Crippen molar-refractivity contribution in [2.24, 2.45) is 5.92 Å². The lowest BCUT2D eigenvalue weighted by Gasteiger charge is -2.34. The average molecular weight is 414 g/mol. The van der Waals surface area contributed by atoms with E-state index in [1.54, 1.807) is 0 Å². The molecule has 2 amide bonds. The number of anilines is 1. The average Bonchev–Trinajstić information content (AvgIpc) is 3.42. The summed E-state index contributed by atoms with van der Waals surface area (Å²) in [6.07, 6.45) is 4.21. The number of rotatable bonds is 6. The smallest absolute Gasteiger partial charge is 0.239 e. The molecule has 162 valence electrons. The summed E-state index contributed by atoms with van der Waals surface area (Å²) < 4.78 is 7.79. The van der Waals surface area contributed by atoms with E-state index in [0.29, 0.717) is 44.1 Å². The van der Waals surface area contributed by atoms with Crippen LogP contribution in [0.15, 0.2) is 0 Å². The van der Waals surface area contributed by atoms with Crippen LogP contribution in [0.25, 0.3) is 0 Å². The molecule has 1 saturated carbocycles. The second kappa shape index (κ2) is 8.78. The Morgan fingerprint density at radius 3 is 2.50 bits per heavy atom. The number of ether oxygens (including phenoxy) is 1. The molecule has 1 atom stereocenters. The molecule has 2 aliphatic heterocycles. The van der Waals surface area contributed by atoms with Crippen molar-refractivity contribution < 1.29 is 14.3 Å². The van der Waals surface area contributed by atoms with Crippen LogP contribution in [-0.4, -0.2) is 71.6 Å². The summed E-state index contributed by atoms with van der Waals surface area (Å²) in [6, 6.07) is 2.26. The Balaban J connectivity index is 1.38. The van der Waals surface area contributed by atoms with E-state index >= 15 is 0 Å². The molecule has 0 spiro atoms. The number of hydrogen-bond acceptors (Lipinski definition) is 5. The van der Waals surface area contributed by atoms with Crippen molar-refractivity contribution in [1.82, 2.24) is 14.4 Å². The van der Waals surface area contributed by atoms with Crippen molar-refractivity contribution in [3.05, 3.63) is 16.8 Å². The summed E-state index contributed by atoms with van der Waals surface area (Å²) in [7, 11) is 0. The zero-order chi connectivity index (χ0) is 21.3. The van der Waals surface area contributed by atoms with Gasteiger partial charge in [-0.25, -0.2) is 0 Å². The van der Waals surface area contributed by atoms with E-state index in [9.17, 15) is 14.9 Å². The molecule has 30 heavy (non-hydrogen) atoms. The van der Waals surface area contributed by atoms with Gasteiger partial charge in [-0.3, -0.25) is 14.5 Å². The molecule has 3 aliphatic rings. The molecular formula is C22H31N5O3. The molecule has 0 radical (unpaired) electrons. The quantitative estimate of drug-likeness (QED) is 0.766. The molecule has 0 unspecified atom stereocenters. The van der Waals surface area contributed by atoms with Gasteiger partial charge in [0.25, 0.3) is 0 Å². The molecule has 4 rings (SSSR count). The van der Waals surface area contributed by atoms with Gasteiger partial charge in [-0.1, -0.05) is 0 Å². The van der Waals surface area contributed by atoms with Gasteiger partial charge < -0.3 is 19.5 Å². The third kappa shape index (κ3) is 4.37. The van der Waals surface area contributed by atoms with E-state index in [4.69, 9.17) is 4.74 Å². The zero-order valence-corrected chi connectivity index (χ0v) is 17.9. The minimum atomic E-state index is -0.125. The lowest BCUT2D eigenvalue weighted by atomic mass is 10.2. The Kier molecular flexibility index (Phi) is 6.11. The monoisotopic (exact) mass is 413 g/mol. The number of aromatic nitrogens is 1. The summed E-state index contributed by atoms with van der Waals surface area (Å²) >= 11 is 0. The van der Waals surface area contributed by atoms with E-state index in [-0.39, 0.29) is 30.4 Å². The predicted octanol–water partition coefficient (Wildman–Crippen LogP) is 1.65. The Hall–Kier alpha value is -2.37. The molecule has 1 aromatic heterocycles. The maximum Gasteiger partial charge on any atom is 0.239 e. The summed E-state index contributed by atoms with van der Waals surface area (Å²) in [6.45, 7) is 8.34. The maximum atomic E-state index is 12.8. The molecule has 2 saturated heterocycles. The van der Waals surface area contributed by atoms with Crippen LogP contribution in [0.4, 0.5) is 5.82 Å². The Morgan fingerprint density at radius 2 is 1.90 bits per heavy atom. The molecule has 1 aliphatic carbocycles. The third-order valence-corrected chi connectivity index (χ3v) is 6.59. The normalized spacial score (nSPS) is 22.2. The molecule has 8 nitrogen and oxygen atoms in total. The topological polar surface area (TPSA) is 90.6 Å². The van der Waals surface area contributed by atoms with Crippen LogP contribution < -0.4 is 5.32 Å². The lowest BCUT2D eigenvalue weighted by molar-refractivity contribution is -0.134. The summed E-state index contributed by atoms with van der Waals surface area (Å²) in [4.78, 5) is 29.0. The number of piperazine rings is 1. The summed E-state index contributed by atoms with van der Waals surface area (Å²) in [5.41, 5.74) is 2.42. The molecule has 1 aromatic rings. The fourth-order valence-electron chi connectivity index (χ4n) is 4.44. The largest absolute Gasteiger partial charge is 0.376 e. The van der Waals surface area contributed by atoms with Crippen LogP contribution in [0.3, 0.4) is 0 Å². The Bertz CT molecular complexity index is 853. The number of carbonyl (C=O) groups excluding carboxylic acids is 2. The lowest BCUT2D eigenvalue weighted by Crippen LogP contribution is -2.50. The van der Waals surface area contributed by atoms with Crippen LogP contribution >= 0.6 is 0 Å². The van der Waals surface area contributed by atoms with Gasteiger partial charge in [0.15, 0.2) is 0 Å². The number of hydrogen-bond donors (Lipinski definition) is 1. The van der Waals surface area contributed by atoms with E-state index < -0.39 is 0 Å². The highest BCUT2D eigenvalue weighted by atomic mass is 16.5. The highest BCUT2D eigenvalue weighted by Crippen LogP contribution is 2.31. The van der Waals surface area contributed by atoms with Crippen LogP contribution in [0.5, 0.6) is 0 Å². The molecule has 3 fully saturated rings. The van der Waals surface area contributed by atoms with Gasteiger partial charge >= 0.3 is 0 Å². The van der Waals surface area contributed by atoms with Gasteiger partial charge in [-0.15, -0.1) is 0 Å².